The fourth-order valence-electron chi connectivity index (χ4n) is 2.80. The van der Waals surface area contributed by atoms with Crippen molar-refractivity contribution < 1.29 is 9.59 Å². The molecule has 7 heteroatoms. The Morgan fingerprint density at radius 2 is 1.85 bits per heavy atom. The van der Waals surface area contributed by atoms with Crippen LogP contribution in [0.15, 0.2) is 60.8 Å². The molecular weight excluding hydrogens is 382 g/mol. The number of benzene rings is 2. The summed E-state index contributed by atoms with van der Waals surface area (Å²) in [5.74, 6) is -0.703. The Kier molecular flexibility index (Phi) is 4.75. The van der Waals surface area contributed by atoms with Gasteiger partial charge in [0.1, 0.15) is 4.88 Å². The van der Waals surface area contributed by atoms with Gasteiger partial charge in [-0.15, -0.1) is 11.3 Å². The summed E-state index contributed by atoms with van der Waals surface area (Å²) in [4.78, 5) is 29.4. The third-order valence-corrected chi connectivity index (χ3v) is 5.73. The number of nitrogens with zero attached hydrogens (tertiary/aromatic N) is 1. The Labute approximate surface area is 164 Å². The van der Waals surface area contributed by atoms with Crippen molar-refractivity contribution in [3.63, 3.8) is 0 Å². The van der Waals surface area contributed by atoms with Gasteiger partial charge in [-0.3, -0.25) is 14.6 Å². The Morgan fingerprint density at radius 3 is 2.70 bits per heavy atom. The van der Waals surface area contributed by atoms with Crippen LogP contribution in [0.3, 0.4) is 0 Å². The maximum absolute atomic E-state index is 12.4. The second kappa shape index (κ2) is 7.34. The Balaban J connectivity index is 1.45. The van der Waals surface area contributed by atoms with Crippen LogP contribution in [0, 0.1) is 0 Å². The molecule has 27 heavy (non-hydrogen) atoms. The van der Waals surface area contributed by atoms with Crippen molar-refractivity contribution in [1.29, 1.82) is 0 Å². The summed E-state index contributed by atoms with van der Waals surface area (Å²) >= 11 is 7.61. The van der Waals surface area contributed by atoms with Gasteiger partial charge >= 0.3 is 0 Å². The summed E-state index contributed by atoms with van der Waals surface area (Å²) in [5.41, 5.74) is 1.31. The molecule has 2 heterocycles. The van der Waals surface area contributed by atoms with Crippen LogP contribution in [-0.4, -0.2) is 23.3 Å². The third kappa shape index (κ3) is 3.49. The molecule has 0 spiro atoms. The van der Waals surface area contributed by atoms with E-state index in [0.717, 1.165) is 15.5 Å². The number of carbonyl (C=O) groups excluding carboxylic acids is 2. The highest BCUT2D eigenvalue weighted by atomic mass is 35.5. The largest absolute Gasteiger partial charge is 0.342 e. The van der Waals surface area contributed by atoms with Crippen LogP contribution in [-0.2, 0) is 4.79 Å². The second-order valence-electron chi connectivity index (χ2n) is 5.85. The molecule has 0 unspecified atom stereocenters. The number of nitrogens with one attached hydrogen (secondary N) is 2. The number of fused-ring (bicyclic) bond motifs is 2. The highest BCUT2D eigenvalue weighted by Crippen LogP contribution is 2.34. The topological polar surface area (TPSA) is 71.1 Å². The van der Waals surface area contributed by atoms with Gasteiger partial charge in [-0.25, -0.2) is 0 Å². The Hall–Kier alpha value is -2.96. The van der Waals surface area contributed by atoms with Gasteiger partial charge in [0.25, 0.3) is 5.91 Å². The van der Waals surface area contributed by atoms with Crippen molar-refractivity contribution in [2.45, 2.75) is 0 Å². The first kappa shape index (κ1) is 17.5. The fourth-order valence-corrected chi connectivity index (χ4v) is 4.23. The molecule has 134 valence electrons. The molecule has 2 amide bonds. The first-order valence-electron chi connectivity index (χ1n) is 8.22. The Morgan fingerprint density at radius 1 is 1.04 bits per heavy atom. The van der Waals surface area contributed by atoms with Gasteiger partial charge in [-0.1, -0.05) is 48.0 Å². The smallest absolute Gasteiger partial charge is 0.263 e. The fraction of sp³-hybridized carbons (Fsp3) is 0.0500. The predicted molar refractivity (Wildman–Crippen MR) is 110 cm³/mol. The van der Waals surface area contributed by atoms with E-state index in [2.05, 4.69) is 15.6 Å². The first-order valence-corrected chi connectivity index (χ1v) is 9.42. The summed E-state index contributed by atoms with van der Waals surface area (Å²) in [6.07, 6.45) is 1.67. The van der Waals surface area contributed by atoms with E-state index in [1.54, 1.807) is 12.3 Å². The average molecular weight is 396 g/mol. The van der Waals surface area contributed by atoms with Crippen molar-refractivity contribution in [3.8, 4) is 0 Å². The van der Waals surface area contributed by atoms with E-state index in [9.17, 15) is 9.59 Å². The minimum atomic E-state index is -0.368. The number of rotatable bonds is 4. The van der Waals surface area contributed by atoms with Gasteiger partial charge < -0.3 is 10.6 Å². The molecule has 4 aromatic rings. The number of carbonyl (C=O) groups is 2. The number of thiophene rings is 1. The number of amides is 2. The summed E-state index contributed by atoms with van der Waals surface area (Å²) in [5, 5.41) is 7.58. The lowest BCUT2D eigenvalue weighted by atomic mass is 10.2. The van der Waals surface area contributed by atoms with E-state index >= 15 is 0 Å². The minimum absolute atomic E-state index is 0.160. The molecule has 0 aliphatic rings. The summed E-state index contributed by atoms with van der Waals surface area (Å²) in [6, 6.07) is 16.8. The van der Waals surface area contributed by atoms with Crippen LogP contribution in [0.5, 0.6) is 0 Å². The van der Waals surface area contributed by atoms with Crippen LogP contribution < -0.4 is 10.6 Å². The number of hydrogen-bond acceptors (Lipinski definition) is 4. The molecule has 0 bridgehead atoms. The van der Waals surface area contributed by atoms with Gasteiger partial charge in [-0.05, 0) is 18.2 Å². The molecule has 0 saturated carbocycles. The second-order valence-corrected chi connectivity index (χ2v) is 7.28. The highest BCUT2D eigenvalue weighted by Gasteiger charge is 2.17. The lowest BCUT2D eigenvalue weighted by Crippen LogP contribution is -2.32. The normalized spacial score (nSPS) is 10.9. The van der Waals surface area contributed by atoms with Crippen molar-refractivity contribution in [1.82, 2.24) is 10.3 Å². The van der Waals surface area contributed by atoms with Gasteiger partial charge in [-0.2, -0.15) is 0 Å². The van der Waals surface area contributed by atoms with Gasteiger partial charge in [0, 0.05) is 21.7 Å². The molecule has 0 aliphatic carbocycles. The molecular formula is C20H14ClN3O2S. The number of aromatic nitrogens is 1. The maximum atomic E-state index is 12.4. The summed E-state index contributed by atoms with van der Waals surface area (Å²) in [6.45, 7) is -0.160. The van der Waals surface area contributed by atoms with E-state index in [4.69, 9.17) is 11.6 Å². The molecule has 0 aliphatic heterocycles. The zero-order chi connectivity index (χ0) is 18.8. The molecule has 2 N–H and O–H groups in total. The molecule has 0 atom stereocenters. The van der Waals surface area contributed by atoms with Crippen molar-refractivity contribution >= 4 is 61.4 Å². The van der Waals surface area contributed by atoms with Crippen LogP contribution in [0.25, 0.3) is 21.0 Å². The van der Waals surface area contributed by atoms with Crippen LogP contribution in [0.1, 0.15) is 9.67 Å². The van der Waals surface area contributed by atoms with E-state index in [-0.39, 0.29) is 18.4 Å². The number of para-hydroxylation sites is 1. The van der Waals surface area contributed by atoms with E-state index in [1.807, 2.05) is 48.5 Å². The third-order valence-electron chi connectivity index (χ3n) is 4.06. The van der Waals surface area contributed by atoms with Crippen molar-refractivity contribution in [2.24, 2.45) is 0 Å². The predicted octanol–water partition coefficient (Wildman–Crippen LogP) is 4.47. The Bertz CT molecular complexity index is 1170. The number of anilines is 1. The average Bonchev–Trinajstić information content (AvgIpc) is 3.03. The first-order chi connectivity index (χ1) is 13.1. The lowest BCUT2D eigenvalue weighted by Gasteiger charge is -2.08. The van der Waals surface area contributed by atoms with Gasteiger partial charge in [0.2, 0.25) is 5.91 Å². The molecule has 2 aromatic carbocycles. The molecule has 0 fully saturated rings. The molecule has 4 rings (SSSR count). The molecule has 5 nitrogen and oxygen atoms in total. The van der Waals surface area contributed by atoms with Crippen LogP contribution >= 0.6 is 22.9 Å². The zero-order valence-corrected chi connectivity index (χ0v) is 15.6. The maximum Gasteiger partial charge on any atom is 0.263 e. The lowest BCUT2D eigenvalue weighted by molar-refractivity contribution is -0.115. The van der Waals surface area contributed by atoms with E-state index < -0.39 is 0 Å². The SMILES string of the molecule is O=C(CNC(=O)c1sc2ccccc2c1Cl)Nc1cccc2cccnc12. The highest BCUT2D eigenvalue weighted by molar-refractivity contribution is 7.21. The minimum Gasteiger partial charge on any atom is -0.342 e. The zero-order valence-electron chi connectivity index (χ0n) is 14.0. The molecule has 2 aromatic heterocycles. The number of pyridine rings is 1. The summed E-state index contributed by atoms with van der Waals surface area (Å²) < 4.78 is 0.930. The number of halogens is 1. The van der Waals surface area contributed by atoms with Crippen LogP contribution in [0.2, 0.25) is 5.02 Å². The van der Waals surface area contributed by atoms with Crippen molar-refractivity contribution in [3.05, 3.63) is 70.7 Å². The van der Waals surface area contributed by atoms with Crippen molar-refractivity contribution in [2.75, 3.05) is 11.9 Å². The van der Waals surface area contributed by atoms with Crippen LogP contribution in [0.4, 0.5) is 5.69 Å². The van der Waals surface area contributed by atoms with E-state index in [0.29, 0.717) is 21.1 Å². The van der Waals surface area contributed by atoms with E-state index in [1.165, 1.54) is 11.3 Å². The molecule has 0 radical (unpaired) electrons. The quantitative estimate of drug-likeness (QED) is 0.535. The van der Waals surface area contributed by atoms with Gasteiger partial charge in [0.05, 0.1) is 22.8 Å². The van der Waals surface area contributed by atoms with Gasteiger partial charge in [0.15, 0.2) is 0 Å². The standard InChI is InChI=1S/C20H14ClN3O2S/c21-17-13-7-1-2-9-15(13)27-19(17)20(26)23-11-16(25)24-14-8-3-5-12-6-4-10-22-18(12)14/h1-10H,11H2,(H,23,26)(H,24,25). The number of hydrogen-bond donors (Lipinski definition) is 2. The molecule has 0 saturated heterocycles. The monoisotopic (exact) mass is 395 g/mol. The summed E-state index contributed by atoms with van der Waals surface area (Å²) in [7, 11) is 0.